The molecule has 4 aromatic rings. The van der Waals surface area contributed by atoms with Crippen molar-refractivity contribution < 1.29 is 22.8 Å². The summed E-state index contributed by atoms with van der Waals surface area (Å²) in [6.07, 6.45) is 24.7. The number of carbonyl (C=O) groups excluding carboxylic acids is 2. The van der Waals surface area contributed by atoms with Crippen LogP contribution in [0.4, 0.5) is 11.6 Å². The van der Waals surface area contributed by atoms with Crippen LogP contribution in [0.1, 0.15) is 234 Å². The number of aryl methyl sites for hydroxylation is 2. The molecule has 10 N–H and O–H groups in total. The number of allylic oxidation sites excluding steroid dienone is 4. The van der Waals surface area contributed by atoms with Gasteiger partial charge in [-0.05, 0) is 244 Å². The fraction of sp³-hybridized carbons (Fsp3) is 0.768. The van der Waals surface area contributed by atoms with Crippen molar-refractivity contribution in [2.75, 3.05) is 17.3 Å². The van der Waals surface area contributed by atoms with Crippen LogP contribution in [0.25, 0.3) is 0 Å². The summed E-state index contributed by atoms with van der Waals surface area (Å²) in [6.45, 7) is 38.8. The van der Waals surface area contributed by atoms with Crippen LogP contribution in [0.5, 0.6) is 0 Å². The van der Waals surface area contributed by atoms with Gasteiger partial charge in [0.25, 0.3) is 0 Å². The molecule has 15 nitrogen and oxygen atoms in total. The SMILES string of the molecule is CC1(C)CC[C@]2(C(=O)Cl)CC[C@]3(C)C(=CCC4[C@@]5(C)Cc6c(N)n[nH]c6C(C)(C)C5CC[C@]43C)C2C1.Cc1n[nH]c(=S)n1CC(=O)[C@]12CCC(C)(C)CC1C1=CCC3[C@@]4(C)Cc5c(N)n[nH]c5C(C)(C)C4CC[C@@]3(C)[C@]1(C)CC2.Cc1n[nH]c(=S)n1N.I[I-]I. The van der Waals surface area contributed by atoms with Crippen LogP contribution in [0.2, 0.25) is 0 Å². The van der Waals surface area contributed by atoms with E-state index in [1.165, 1.54) is 52.9 Å². The quantitative estimate of drug-likeness (QED) is 0.0334. The van der Waals surface area contributed by atoms with Gasteiger partial charge in [0, 0.05) is 38.8 Å². The molecule has 90 heavy (non-hydrogen) atoms. The van der Waals surface area contributed by atoms with Gasteiger partial charge in [0.05, 0.1) is 12.0 Å². The number of H-pyrrole nitrogens is 4. The molecule has 6 fully saturated rings. The molecule has 4 heterocycles. The Bertz CT molecular complexity index is 3680. The van der Waals surface area contributed by atoms with Crippen molar-refractivity contribution in [2.24, 2.45) is 89.7 Å². The van der Waals surface area contributed by atoms with E-state index in [2.05, 4.69) is 187 Å². The molecule has 6 unspecified atom stereocenters. The van der Waals surface area contributed by atoms with E-state index in [9.17, 15) is 9.59 Å². The van der Waals surface area contributed by atoms with Crippen LogP contribution in [-0.2, 0) is 39.8 Å². The molecule has 14 rings (SSSR count). The van der Waals surface area contributed by atoms with Crippen molar-refractivity contribution in [3.8, 4) is 0 Å². The molecule has 0 amide bonds. The molecular weight excluding hydrogens is 1520 g/mol. The number of Topliss-reactive ketones (excluding diaryl/α,β-unsaturated/α-hetero) is 1. The molecule has 4 aromatic heterocycles. The molecule has 498 valence electrons. The number of nitrogens with one attached hydrogen (secondary N) is 4. The fourth-order valence-electron chi connectivity index (χ4n) is 23.5. The third-order valence-corrected chi connectivity index (χ3v) is 29.8. The normalized spacial score (nSPS) is 39.1. The fourth-order valence-corrected chi connectivity index (χ4v) is 24.2. The Morgan fingerprint density at radius 3 is 1.38 bits per heavy atom. The standard InChI is InChI=1S/C35H52N6OS.C31H46ClN3O.C3H6N4S.I3/c1-20-37-40-29(43)41(20)19-26(42)35-15-13-30(2,3)18-23(35)22-9-10-25-32(6)17-21-27(38-39-28(21)36)31(4,5)24(32)11-12-34(25,8)33(22,7)14-16-35;1-26(2)12-14-31(25(32)36)15-13-29(6)19(20(31)17-26)8-9-22-28(5)16-18-23(34-35-24(18)33)27(3,4)21(28)10-11-30(22,29)7;1-2-5-6-3(8)7(2)4;1-3-2/h9,23-25H,10-19H2,1-8H3,(H,40,43)(H3,36,38,39);8,20-22H,9-17H2,1-7H3,(H3,33,34,35);4H2,1H3,(H,6,8);/q;;;-1/t23?,24?,25?,32-,33+,34+,35-;20?,21?,22?,28-,29+,30+,31-;;/m00../s1. The van der Waals surface area contributed by atoms with E-state index in [4.69, 9.17) is 53.3 Å². The van der Waals surface area contributed by atoms with E-state index in [0.29, 0.717) is 76.3 Å². The van der Waals surface area contributed by atoms with Gasteiger partial charge >= 0.3 is 50.5 Å². The summed E-state index contributed by atoms with van der Waals surface area (Å²) in [6, 6.07) is 0. The van der Waals surface area contributed by atoms with Gasteiger partial charge in [-0.2, -0.15) is 20.4 Å². The van der Waals surface area contributed by atoms with Crippen molar-refractivity contribution in [1.29, 1.82) is 0 Å². The average Bonchev–Trinajstić information content (AvgIpc) is 0.799. The molecule has 0 saturated heterocycles. The molecule has 0 spiro atoms. The zero-order valence-electron chi connectivity index (χ0n) is 56.6. The number of anilines is 2. The van der Waals surface area contributed by atoms with Crippen LogP contribution in [0.3, 0.4) is 0 Å². The second kappa shape index (κ2) is 23.3. The van der Waals surface area contributed by atoms with Crippen molar-refractivity contribution in [2.45, 2.75) is 244 Å². The number of hydrogen-bond donors (Lipinski definition) is 7. The number of fused-ring (bicyclic) bond motifs is 16. The van der Waals surface area contributed by atoms with E-state index in [1.54, 1.807) is 18.1 Å². The monoisotopic (exact) mass is 1630 g/mol. The van der Waals surface area contributed by atoms with Gasteiger partial charge in [0.15, 0.2) is 10.6 Å². The van der Waals surface area contributed by atoms with E-state index in [-0.39, 0.29) is 82.1 Å². The van der Waals surface area contributed by atoms with E-state index in [1.807, 2.05) is 11.5 Å². The summed E-state index contributed by atoms with van der Waals surface area (Å²) in [7, 11) is 0. The van der Waals surface area contributed by atoms with Gasteiger partial charge in [0.2, 0.25) is 10.0 Å². The zero-order chi connectivity index (χ0) is 65.9. The van der Waals surface area contributed by atoms with Crippen LogP contribution in [0.15, 0.2) is 23.3 Å². The predicted molar refractivity (Wildman–Crippen MR) is 380 cm³/mol. The minimum absolute atomic E-state index is 0.00710. The third-order valence-electron chi connectivity index (χ3n) is 28.8. The number of halogens is 4. The Balaban J connectivity index is 0.000000160. The zero-order valence-corrected chi connectivity index (χ0v) is 65.5. The number of nitrogen functional groups attached to an aromatic ring is 3. The Morgan fingerprint density at radius 1 is 0.589 bits per heavy atom. The van der Waals surface area contributed by atoms with Gasteiger partial charge in [-0.25, -0.2) is 4.68 Å². The molecule has 21 heteroatoms. The van der Waals surface area contributed by atoms with Crippen molar-refractivity contribution in [3.05, 3.63) is 67.0 Å². The molecule has 6 saturated carbocycles. The predicted octanol–water partition coefficient (Wildman–Crippen LogP) is 14.0. The topological polar surface area (TPSA) is 237 Å². The number of ketones is 1. The molecule has 10 aliphatic rings. The van der Waals surface area contributed by atoms with Gasteiger partial charge < -0.3 is 17.3 Å². The molecule has 0 aromatic carbocycles. The van der Waals surface area contributed by atoms with Crippen LogP contribution < -0.4 is 30.6 Å². The Kier molecular flexibility index (Phi) is 17.9. The first-order chi connectivity index (χ1) is 41.8. The third kappa shape index (κ3) is 10.2. The number of rotatable bonds is 4. The van der Waals surface area contributed by atoms with Gasteiger partial charge in [-0.15, -0.1) is 0 Å². The van der Waals surface area contributed by atoms with Crippen molar-refractivity contribution >= 4 is 95.9 Å². The number of aromatic amines is 4. The van der Waals surface area contributed by atoms with Crippen LogP contribution in [0, 0.1) is 113 Å². The Labute approximate surface area is 580 Å². The summed E-state index contributed by atoms with van der Waals surface area (Å²) < 4.78 is 4.22. The Hall–Kier alpha value is -2.16. The number of nitrogens with zero attached hydrogens (tertiary/aromatic N) is 6. The first kappa shape index (κ1) is 69.2. The van der Waals surface area contributed by atoms with Gasteiger partial charge in [-0.1, -0.05) is 120 Å². The summed E-state index contributed by atoms with van der Waals surface area (Å²) in [5.41, 5.74) is 21.8. The number of aromatic nitrogens is 10. The maximum atomic E-state index is 14.6. The second-order valence-corrected chi connectivity index (χ2v) is 51.7. The van der Waals surface area contributed by atoms with Crippen LogP contribution >= 0.6 is 73.3 Å². The van der Waals surface area contributed by atoms with Crippen molar-refractivity contribution in [1.82, 2.24) is 50.0 Å². The first-order valence-electron chi connectivity index (χ1n) is 33.4. The van der Waals surface area contributed by atoms with E-state index >= 15 is 0 Å². The first-order valence-corrected chi connectivity index (χ1v) is 47.2. The second-order valence-electron chi connectivity index (χ2n) is 34.3. The summed E-state index contributed by atoms with van der Waals surface area (Å²) in [5.74, 6) is 11.4. The van der Waals surface area contributed by atoms with Gasteiger partial charge in [-0.3, -0.25) is 34.6 Å². The molecule has 0 bridgehead atoms. The molecule has 10 aliphatic carbocycles. The maximum absolute atomic E-state index is 14.6. The van der Waals surface area contributed by atoms with E-state index in [0.717, 1.165) is 95.7 Å². The number of nitrogens with two attached hydrogens (primary N) is 3. The molecule has 14 atom stereocenters. The Morgan fingerprint density at radius 2 is 0.989 bits per heavy atom. The average molecular weight is 1630 g/mol. The summed E-state index contributed by atoms with van der Waals surface area (Å²) in [5, 5.41) is 29.0. The van der Waals surface area contributed by atoms with E-state index < -0.39 is 0 Å². The van der Waals surface area contributed by atoms with Crippen LogP contribution in [-0.4, -0.2) is 61.1 Å². The summed E-state index contributed by atoms with van der Waals surface area (Å²) in [4.78, 5) is 27.6. The minimum atomic E-state index is -0.361. The number of hydrogen-bond acceptors (Lipinski definition) is 11. The molecular formula is C69H104ClI3N13O2S2-. The number of carbonyl (C=O) groups is 2. The molecule has 0 aliphatic heterocycles. The van der Waals surface area contributed by atoms with Gasteiger partial charge in [0.1, 0.15) is 23.3 Å². The molecule has 0 radical (unpaired) electrons. The van der Waals surface area contributed by atoms with Crippen molar-refractivity contribution in [3.63, 3.8) is 0 Å². The summed E-state index contributed by atoms with van der Waals surface area (Å²) >= 11 is 22.0.